The van der Waals surface area contributed by atoms with E-state index in [4.69, 9.17) is 8.22 Å². The molecule has 4 nitrogen and oxygen atoms in total. The standard InChI is InChI=1S/C66H42N4/c1-5-17-43(18-6-1)45-29-33-49(34-30-45)67(47-21-9-3-10-22-47)59-39-37-51-55-41-62-56(42-61(55)69-57-27-15-13-25-53(57)63(59)65(51)69)52-38-40-60(64-54-26-14-16-28-58(54)70(62)66(52)64)68(48-23-11-4-12-24-48)50-35-31-46(32-36-50)44-19-7-2-8-20-44/h1-42H/i3D,4D,9D,10D,11D,12D,21D,22D,23D,24D. The third-order valence-corrected chi connectivity index (χ3v) is 14.1. The highest BCUT2D eigenvalue weighted by Gasteiger charge is 2.28. The van der Waals surface area contributed by atoms with Gasteiger partial charge in [-0.25, -0.2) is 0 Å². The number of hydrogen-bond donors (Lipinski definition) is 0. The Morgan fingerprint density at radius 1 is 0.286 bits per heavy atom. The van der Waals surface area contributed by atoms with Crippen molar-refractivity contribution in [2.45, 2.75) is 0 Å². The molecule has 0 saturated heterocycles. The largest absolute Gasteiger partial charge is 0.310 e. The van der Waals surface area contributed by atoms with Gasteiger partial charge in [-0.1, -0.05) is 170 Å². The first kappa shape index (κ1) is 30.1. The van der Waals surface area contributed by atoms with E-state index in [1.54, 1.807) is 0 Å². The first-order chi connectivity index (χ1) is 38.9. The number of fused-ring (bicyclic) bond motifs is 12. The van der Waals surface area contributed by atoms with E-state index in [0.717, 1.165) is 98.4 Å². The maximum absolute atomic E-state index is 9.34. The molecule has 0 radical (unpaired) electrons. The predicted molar refractivity (Wildman–Crippen MR) is 296 cm³/mol. The lowest BCUT2D eigenvalue weighted by atomic mass is 10.0. The summed E-state index contributed by atoms with van der Waals surface area (Å²) in [7, 11) is 0. The Morgan fingerprint density at radius 2 is 0.657 bits per heavy atom. The molecule has 70 heavy (non-hydrogen) atoms. The molecular weight excluding hydrogens is 849 g/mol. The Hall–Kier alpha value is -9.38. The summed E-state index contributed by atoms with van der Waals surface area (Å²) < 4.78 is 94.4. The molecule has 0 atom stereocenters. The zero-order valence-electron chi connectivity index (χ0n) is 47.3. The van der Waals surface area contributed by atoms with E-state index in [1.165, 1.54) is 0 Å². The van der Waals surface area contributed by atoms with Gasteiger partial charge >= 0.3 is 0 Å². The normalized spacial score (nSPS) is 14.0. The van der Waals surface area contributed by atoms with Crippen LogP contribution in [-0.2, 0) is 0 Å². The Kier molecular flexibility index (Phi) is 6.48. The van der Waals surface area contributed by atoms with Crippen LogP contribution < -0.4 is 9.80 Å². The molecule has 15 rings (SSSR count). The van der Waals surface area contributed by atoms with Crippen molar-refractivity contribution in [2.24, 2.45) is 0 Å². The van der Waals surface area contributed by atoms with Crippen molar-refractivity contribution in [1.82, 2.24) is 8.80 Å². The predicted octanol–water partition coefficient (Wildman–Crippen LogP) is 18.3. The molecular formula is C66H42N4. The van der Waals surface area contributed by atoms with E-state index >= 15 is 0 Å². The summed E-state index contributed by atoms with van der Waals surface area (Å²) in [5.41, 5.74) is 12.3. The van der Waals surface area contributed by atoms with Crippen molar-refractivity contribution in [3.05, 3.63) is 255 Å². The van der Waals surface area contributed by atoms with Crippen LogP contribution in [0.4, 0.5) is 34.1 Å². The summed E-state index contributed by atoms with van der Waals surface area (Å²) >= 11 is 0. The number of nitrogens with zero attached hydrogens (tertiary/aromatic N) is 4. The first-order valence-corrected chi connectivity index (χ1v) is 23.3. The second kappa shape index (κ2) is 15.1. The molecule has 0 saturated carbocycles. The molecule has 0 spiro atoms. The number of hydrogen-bond acceptors (Lipinski definition) is 2. The maximum Gasteiger partial charge on any atom is 0.0645 e. The van der Waals surface area contributed by atoms with Crippen molar-refractivity contribution in [3.8, 4) is 22.3 Å². The van der Waals surface area contributed by atoms with E-state index in [1.807, 2.05) is 155 Å². The van der Waals surface area contributed by atoms with Crippen molar-refractivity contribution in [1.29, 1.82) is 0 Å². The molecule has 0 N–H and O–H groups in total. The lowest BCUT2D eigenvalue weighted by molar-refractivity contribution is 1.30. The van der Waals surface area contributed by atoms with E-state index in [9.17, 15) is 5.48 Å². The third kappa shape index (κ3) is 5.59. The number of rotatable bonds is 8. The quantitative estimate of drug-likeness (QED) is 0.151. The van der Waals surface area contributed by atoms with Gasteiger partial charge in [-0.2, -0.15) is 0 Å². The van der Waals surface area contributed by atoms with Crippen LogP contribution in [0.15, 0.2) is 255 Å². The lowest BCUT2D eigenvalue weighted by Crippen LogP contribution is -2.10. The number of anilines is 6. The molecule has 0 unspecified atom stereocenters. The molecule has 0 aliphatic heterocycles. The van der Waals surface area contributed by atoms with Gasteiger partial charge in [0.25, 0.3) is 0 Å². The van der Waals surface area contributed by atoms with Crippen LogP contribution in [0, 0.1) is 0 Å². The van der Waals surface area contributed by atoms with Crippen LogP contribution in [0.5, 0.6) is 0 Å². The molecule has 4 aromatic heterocycles. The number of para-hydroxylation sites is 4. The molecule has 4 heterocycles. The minimum absolute atomic E-state index is 0.0406. The fraction of sp³-hybridized carbons (Fsp3) is 0. The molecule has 11 aromatic carbocycles. The van der Waals surface area contributed by atoms with Crippen LogP contribution in [0.1, 0.15) is 13.7 Å². The smallest absolute Gasteiger partial charge is 0.0645 e. The summed E-state index contributed by atoms with van der Waals surface area (Å²) in [6.45, 7) is 0. The van der Waals surface area contributed by atoms with E-state index < -0.39 is 36.3 Å². The topological polar surface area (TPSA) is 15.3 Å². The highest BCUT2D eigenvalue weighted by Crippen LogP contribution is 2.51. The van der Waals surface area contributed by atoms with Crippen LogP contribution in [0.2, 0.25) is 0 Å². The fourth-order valence-electron chi connectivity index (χ4n) is 11.2. The van der Waals surface area contributed by atoms with Gasteiger partial charge in [0.1, 0.15) is 0 Å². The van der Waals surface area contributed by atoms with Crippen LogP contribution in [0.3, 0.4) is 0 Å². The fourth-order valence-corrected chi connectivity index (χ4v) is 11.2. The average molecular weight is 901 g/mol. The monoisotopic (exact) mass is 900 g/mol. The maximum atomic E-state index is 9.34. The summed E-state index contributed by atoms with van der Waals surface area (Å²) in [4.78, 5) is 3.63. The van der Waals surface area contributed by atoms with Gasteiger partial charge < -0.3 is 18.6 Å². The van der Waals surface area contributed by atoms with E-state index in [-0.39, 0.29) is 35.5 Å². The zero-order valence-corrected chi connectivity index (χ0v) is 37.3. The minimum Gasteiger partial charge on any atom is -0.310 e. The molecule has 0 bridgehead atoms. The molecule has 0 aliphatic carbocycles. The molecule has 4 heteroatoms. The Balaban J connectivity index is 0.997. The Bertz CT molecular complexity index is 4680. The van der Waals surface area contributed by atoms with E-state index in [2.05, 4.69) is 57.3 Å². The van der Waals surface area contributed by atoms with Crippen LogP contribution in [-0.4, -0.2) is 8.80 Å². The third-order valence-electron chi connectivity index (χ3n) is 14.1. The Morgan fingerprint density at radius 3 is 1.07 bits per heavy atom. The summed E-state index contributed by atoms with van der Waals surface area (Å²) in [5.74, 6) is 0. The van der Waals surface area contributed by atoms with Crippen molar-refractivity contribution >= 4 is 110 Å². The average Bonchev–Trinajstić information content (AvgIpc) is 4.43. The van der Waals surface area contributed by atoms with Gasteiger partial charge in [0.2, 0.25) is 0 Å². The summed E-state index contributed by atoms with van der Waals surface area (Å²) in [6, 6.07) is 60.9. The first-order valence-electron chi connectivity index (χ1n) is 28.3. The van der Waals surface area contributed by atoms with Gasteiger partial charge in [0.05, 0.1) is 58.2 Å². The second-order valence-corrected chi connectivity index (χ2v) is 17.7. The summed E-state index contributed by atoms with van der Waals surface area (Å²) in [5, 5.41) is 7.48. The van der Waals surface area contributed by atoms with Gasteiger partial charge in [0.15, 0.2) is 0 Å². The van der Waals surface area contributed by atoms with Crippen molar-refractivity contribution < 1.29 is 13.7 Å². The van der Waals surface area contributed by atoms with Gasteiger partial charge in [0, 0.05) is 65.8 Å². The zero-order chi connectivity index (χ0) is 54.6. The molecule has 0 amide bonds. The van der Waals surface area contributed by atoms with Crippen molar-refractivity contribution in [2.75, 3.05) is 9.80 Å². The number of aromatic nitrogens is 2. The van der Waals surface area contributed by atoms with Gasteiger partial charge in [-0.3, -0.25) is 0 Å². The second-order valence-electron chi connectivity index (χ2n) is 17.7. The SMILES string of the molecule is [2H]c1c([2H])c([2H])c(N(c2ccc(-c3ccccc3)cc2)c2ccc3c4cc5c(cc4n4c6ccccc6c2c34)c2ccc(N(c3ccc(-c4ccccc4)cc3)c3c([2H])c([2H])c([2H])c([2H])c3[2H])c3c4ccccc4n5c23)c([2H])c1[2H]. The minimum atomic E-state index is -0.465. The molecule has 326 valence electrons. The van der Waals surface area contributed by atoms with Crippen molar-refractivity contribution in [3.63, 3.8) is 0 Å². The van der Waals surface area contributed by atoms with E-state index in [0.29, 0.717) is 22.7 Å². The van der Waals surface area contributed by atoms with Crippen LogP contribution >= 0.6 is 0 Å². The molecule has 15 aromatic rings. The number of benzene rings is 11. The van der Waals surface area contributed by atoms with Gasteiger partial charge in [-0.05, 0) is 107 Å². The van der Waals surface area contributed by atoms with Crippen LogP contribution in [0.25, 0.3) is 98.4 Å². The molecule has 0 aliphatic rings. The summed E-state index contributed by atoms with van der Waals surface area (Å²) in [6.07, 6.45) is 0. The lowest BCUT2D eigenvalue weighted by Gasteiger charge is -2.26. The Labute approximate surface area is 418 Å². The molecule has 0 fully saturated rings. The van der Waals surface area contributed by atoms with Gasteiger partial charge in [-0.15, -0.1) is 0 Å². The highest BCUT2D eigenvalue weighted by atomic mass is 15.2. The highest BCUT2D eigenvalue weighted by molar-refractivity contribution is 6.32.